The van der Waals surface area contributed by atoms with Gasteiger partial charge in [0.25, 0.3) is 0 Å². The molecule has 4 heteroatoms. The zero-order valence-electron chi connectivity index (χ0n) is 19.1. The van der Waals surface area contributed by atoms with Gasteiger partial charge in [0.05, 0.1) is 0 Å². The average molecular weight is 449 g/mol. The van der Waals surface area contributed by atoms with Gasteiger partial charge in [-0.2, -0.15) is 0 Å². The maximum absolute atomic E-state index is 12.9. The summed E-state index contributed by atoms with van der Waals surface area (Å²) in [6.07, 6.45) is 8.47. The quantitative estimate of drug-likeness (QED) is 0.275. The van der Waals surface area contributed by atoms with Crippen LogP contribution >= 0.6 is 0 Å². The SMILES string of the molecule is O=C1CCC/C=C\CCCC(=O)Nc2ccc3ccccc3c2-c2c(ccc3ccccc23)N1. The molecule has 0 fully saturated rings. The summed E-state index contributed by atoms with van der Waals surface area (Å²) in [5.74, 6) is 0.00527. The molecule has 0 aliphatic carbocycles. The van der Waals surface area contributed by atoms with E-state index in [1.807, 2.05) is 48.5 Å². The number of amides is 2. The molecule has 0 saturated heterocycles. The minimum atomic E-state index is 0.00264. The number of carbonyl (C=O) groups excluding carboxylic acids is 2. The van der Waals surface area contributed by atoms with Crippen LogP contribution in [-0.2, 0) is 9.59 Å². The summed E-state index contributed by atoms with van der Waals surface area (Å²) in [6, 6.07) is 24.4. The van der Waals surface area contributed by atoms with Crippen molar-refractivity contribution in [2.75, 3.05) is 10.6 Å². The number of hydrogen-bond acceptors (Lipinski definition) is 2. The Bertz CT molecular complexity index is 1300. The van der Waals surface area contributed by atoms with Crippen molar-refractivity contribution in [3.05, 3.63) is 84.9 Å². The van der Waals surface area contributed by atoms with Crippen molar-refractivity contribution in [1.29, 1.82) is 0 Å². The van der Waals surface area contributed by atoms with Crippen molar-refractivity contribution in [2.24, 2.45) is 0 Å². The van der Waals surface area contributed by atoms with E-state index in [-0.39, 0.29) is 11.8 Å². The number of hydrogen-bond donors (Lipinski definition) is 2. The first kappa shape index (κ1) is 21.9. The van der Waals surface area contributed by atoms with E-state index in [1.54, 1.807) is 0 Å². The summed E-state index contributed by atoms with van der Waals surface area (Å²) in [5.41, 5.74) is 3.40. The lowest BCUT2D eigenvalue weighted by Crippen LogP contribution is -2.14. The zero-order chi connectivity index (χ0) is 23.3. The number of nitrogens with one attached hydrogen (secondary N) is 2. The average Bonchev–Trinajstić information content (AvgIpc) is 2.85. The fourth-order valence-corrected chi connectivity index (χ4v) is 4.71. The van der Waals surface area contributed by atoms with Gasteiger partial charge in [-0.25, -0.2) is 0 Å². The first-order valence-corrected chi connectivity index (χ1v) is 12.0. The number of anilines is 2. The van der Waals surface area contributed by atoms with Crippen LogP contribution in [0.1, 0.15) is 38.5 Å². The molecule has 0 aromatic heterocycles. The van der Waals surface area contributed by atoms with Gasteiger partial charge in [0.1, 0.15) is 0 Å². The Hall–Kier alpha value is -3.92. The number of carbonyl (C=O) groups is 2. The molecule has 0 saturated carbocycles. The van der Waals surface area contributed by atoms with Gasteiger partial charge in [-0.15, -0.1) is 0 Å². The third kappa shape index (κ3) is 4.58. The molecule has 0 bridgehead atoms. The van der Waals surface area contributed by atoms with Gasteiger partial charge >= 0.3 is 0 Å². The molecule has 2 amide bonds. The zero-order valence-corrected chi connectivity index (χ0v) is 19.1. The van der Waals surface area contributed by atoms with Gasteiger partial charge in [-0.3, -0.25) is 9.59 Å². The van der Waals surface area contributed by atoms with Crippen molar-refractivity contribution >= 4 is 44.7 Å². The van der Waals surface area contributed by atoms with Gasteiger partial charge < -0.3 is 10.6 Å². The van der Waals surface area contributed by atoms with Crippen LogP contribution in [0.4, 0.5) is 11.4 Å². The van der Waals surface area contributed by atoms with Crippen molar-refractivity contribution in [3.8, 4) is 11.1 Å². The highest BCUT2D eigenvalue weighted by Gasteiger charge is 2.19. The minimum absolute atomic E-state index is 0.00264. The van der Waals surface area contributed by atoms with E-state index in [2.05, 4.69) is 47.1 Å². The molecule has 1 heterocycles. The standard InChI is InChI=1S/C30H28N2O2/c33-27-15-5-3-1-2-4-6-16-28(34)32-26-20-18-22-12-8-10-14-24(22)30(26)29-23-13-9-7-11-21(23)17-19-25(29)31-27/h1-2,7-14,17-20H,3-6,15-16H2,(H,31,33)(H,32,34)/b2-1-. The van der Waals surface area contributed by atoms with Gasteiger partial charge in [-0.05, 0) is 59.4 Å². The van der Waals surface area contributed by atoms with Crippen LogP contribution in [0.3, 0.4) is 0 Å². The Kier molecular flexibility index (Phi) is 6.39. The third-order valence-corrected chi connectivity index (χ3v) is 6.37. The lowest BCUT2D eigenvalue weighted by molar-refractivity contribution is -0.117. The van der Waals surface area contributed by atoms with Gasteiger partial charge in [-0.1, -0.05) is 72.8 Å². The van der Waals surface area contributed by atoms with Crippen LogP contribution in [0, 0.1) is 0 Å². The highest BCUT2D eigenvalue weighted by Crippen LogP contribution is 2.43. The molecule has 4 aromatic rings. The van der Waals surface area contributed by atoms with Crippen LogP contribution < -0.4 is 10.6 Å². The van der Waals surface area contributed by atoms with Crippen LogP contribution in [0.2, 0.25) is 0 Å². The van der Waals surface area contributed by atoms with E-state index in [9.17, 15) is 9.59 Å². The van der Waals surface area contributed by atoms with Crippen molar-refractivity contribution in [1.82, 2.24) is 0 Å². The van der Waals surface area contributed by atoms with Crippen LogP contribution in [0.5, 0.6) is 0 Å². The molecule has 0 atom stereocenters. The highest BCUT2D eigenvalue weighted by molar-refractivity contribution is 6.16. The first-order chi connectivity index (χ1) is 16.7. The van der Waals surface area contributed by atoms with Gasteiger partial charge in [0.2, 0.25) is 11.8 Å². The Morgan fingerprint density at radius 3 is 1.44 bits per heavy atom. The predicted octanol–water partition coefficient (Wildman–Crippen LogP) is 7.45. The van der Waals surface area contributed by atoms with Gasteiger partial charge in [0.15, 0.2) is 0 Å². The summed E-state index contributed by atoms with van der Waals surface area (Å²) in [4.78, 5) is 25.8. The third-order valence-electron chi connectivity index (χ3n) is 6.37. The Morgan fingerprint density at radius 1 is 0.529 bits per heavy atom. The second-order valence-electron chi connectivity index (χ2n) is 8.77. The normalized spacial score (nSPS) is 16.4. The summed E-state index contributed by atoms with van der Waals surface area (Å²) in [7, 11) is 0. The van der Waals surface area contributed by atoms with Crippen LogP contribution in [0.25, 0.3) is 32.7 Å². The van der Waals surface area contributed by atoms with Crippen molar-refractivity contribution < 1.29 is 9.59 Å². The molecular weight excluding hydrogens is 420 g/mol. The summed E-state index contributed by atoms with van der Waals surface area (Å²) in [5, 5.41) is 10.6. The van der Waals surface area contributed by atoms with E-state index < -0.39 is 0 Å². The lowest BCUT2D eigenvalue weighted by atomic mass is 9.90. The second-order valence-corrected chi connectivity index (χ2v) is 8.77. The molecule has 0 radical (unpaired) electrons. The van der Waals surface area contributed by atoms with E-state index >= 15 is 0 Å². The largest absolute Gasteiger partial charge is 0.325 e. The maximum Gasteiger partial charge on any atom is 0.224 e. The summed E-state index contributed by atoms with van der Waals surface area (Å²) >= 11 is 0. The lowest BCUT2D eigenvalue weighted by Gasteiger charge is -2.20. The first-order valence-electron chi connectivity index (χ1n) is 12.0. The molecule has 2 N–H and O–H groups in total. The smallest absolute Gasteiger partial charge is 0.224 e. The minimum Gasteiger partial charge on any atom is -0.325 e. The van der Waals surface area contributed by atoms with E-state index in [1.165, 1.54) is 0 Å². The van der Waals surface area contributed by atoms with E-state index in [0.717, 1.165) is 69.7 Å². The topological polar surface area (TPSA) is 58.2 Å². The summed E-state index contributed by atoms with van der Waals surface area (Å²) < 4.78 is 0. The molecule has 1 aliphatic rings. The number of rotatable bonds is 0. The number of benzene rings is 4. The molecule has 0 spiro atoms. The Balaban J connectivity index is 1.76. The number of allylic oxidation sites excluding steroid dienone is 2. The molecule has 4 aromatic carbocycles. The Morgan fingerprint density at radius 2 is 0.971 bits per heavy atom. The predicted molar refractivity (Wildman–Crippen MR) is 141 cm³/mol. The van der Waals surface area contributed by atoms with Crippen LogP contribution in [0.15, 0.2) is 84.9 Å². The summed E-state index contributed by atoms with van der Waals surface area (Å²) in [6.45, 7) is 0. The Labute approximate surface area is 199 Å². The van der Waals surface area contributed by atoms with E-state index in [4.69, 9.17) is 0 Å². The van der Waals surface area contributed by atoms with Gasteiger partial charge in [0, 0.05) is 35.3 Å². The van der Waals surface area contributed by atoms with E-state index in [0.29, 0.717) is 12.8 Å². The molecule has 4 nitrogen and oxygen atoms in total. The maximum atomic E-state index is 12.9. The molecule has 5 rings (SSSR count). The molecule has 34 heavy (non-hydrogen) atoms. The number of fused-ring (bicyclic) bond motifs is 7. The van der Waals surface area contributed by atoms with Crippen LogP contribution in [-0.4, -0.2) is 11.8 Å². The van der Waals surface area contributed by atoms with Crippen molar-refractivity contribution in [2.45, 2.75) is 38.5 Å². The molecule has 170 valence electrons. The molecule has 0 unspecified atom stereocenters. The fourth-order valence-electron chi connectivity index (χ4n) is 4.71. The molecular formula is C30H28N2O2. The highest BCUT2D eigenvalue weighted by atomic mass is 16.2. The monoisotopic (exact) mass is 448 g/mol. The fraction of sp³-hybridized carbons (Fsp3) is 0.200. The van der Waals surface area contributed by atoms with Crippen molar-refractivity contribution in [3.63, 3.8) is 0 Å². The molecule has 1 aliphatic heterocycles. The second kappa shape index (κ2) is 9.92.